The quantitative estimate of drug-likeness (QED) is 0.795. The van der Waals surface area contributed by atoms with Crippen LogP contribution < -0.4 is 0 Å². The lowest BCUT2D eigenvalue weighted by Crippen LogP contribution is -2.40. The predicted molar refractivity (Wildman–Crippen MR) is 74.5 cm³/mol. The van der Waals surface area contributed by atoms with Crippen molar-refractivity contribution in [3.63, 3.8) is 0 Å². The van der Waals surface area contributed by atoms with Gasteiger partial charge in [0.1, 0.15) is 5.82 Å². The van der Waals surface area contributed by atoms with Crippen LogP contribution in [0.25, 0.3) is 0 Å². The Labute approximate surface area is 123 Å². The van der Waals surface area contributed by atoms with Gasteiger partial charge in [0.05, 0.1) is 17.4 Å². The highest BCUT2D eigenvalue weighted by Gasteiger charge is 2.32. The molecule has 5 nitrogen and oxygen atoms in total. The van der Waals surface area contributed by atoms with Gasteiger partial charge < -0.3 is 4.74 Å². The molecule has 0 aromatic heterocycles. The minimum Gasteiger partial charge on any atom is -0.466 e. The largest absolute Gasteiger partial charge is 0.466 e. The number of hydrogen-bond acceptors (Lipinski definition) is 4. The molecule has 0 N–H and O–H groups in total. The van der Waals surface area contributed by atoms with Gasteiger partial charge in [-0.15, -0.1) is 0 Å². The van der Waals surface area contributed by atoms with E-state index in [0.29, 0.717) is 19.4 Å². The number of sulfonamides is 1. The Morgan fingerprint density at radius 1 is 1.29 bits per heavy atom. The summed E-state index contributed by atoms with van der Waals surface area (Å²) >= 11 is 0. The van der Waals surface area contributed by atoms with Gasteiger partial charge >= 0.3 is 5.97 Å². The van der Waals surface area contributed by atoms with Crippen LogP contribution in [0.1, 0.15) is 19.8 Å². The summed E-state index contributed by atoms with van der Waals surface area (Å²) in [7, 11) is -3.63. The molecule has 0 amide bonds. The number of nitrogens with zero attached hydrogens (tertiary/aromatic N) is 1. The molecule has 1 fully saturated rings. The van der Waals surface area contributed by atoms with E-state index in [9.17, 15) is 17.6 Å². The molecule has 0 saturated carbocycles. The lowest BCUT2D eigenvalue weighted by atomic mass is 9.98. The van der Waals surface area contributed by atoms with E-state index in [2.05, 4.69) is 0 Å². The van der Waals surface area contributed by atoms with E-state index >= 15 is 0 Å². The third-order valence-corrected chi connectivity index (χ3v) is 5.44. The first-order valence-corrected chi connectivity index (χ1v) is 8.31. The van der Waals surface area contributed by atoms with Crippen molar-refractivity contribution in [1.29, 1.82) is 0 Å². The maximum absolute atomic E-state index is 12.9. The van der Waals surface area contributed by atoms with E-state index < -0.39 is 15.8 Å². The Balaban J connectivity index is 2.04. The highest BCUT2D eigenvalue weighted by atomic mass is 32.2. The molecule has 0 atom stereocenters. The first-order valence-electron chi connectivity index (χ1n) is 6.87. The third-order valence-electron chi connectivity index (χ3n) is 3.53. The van der Waals surface area contributed by atoms with Crippen LogP contribution in [0.15, 0.2) is 29.2 Å². The molecule has 116 valence electrons. The van der Waals surface area contributed by atoms with E-state index in [1.807, 2.05) is 0 Å². The van der Waals surface area contributed by atoms with E-state index in [1.165, 1.54) is 16.4 Å². The van der Waals surface area contributed by atoms with Gasteiger partial charge in [-0.2, -0.15) is 4.31 Å². The summed E-state index contributed by atoms with van der Waals surface area (Å²) < 4.78 is 43.9. The Bertz CT molecular complexity index is 592. The van der Waals surface area contributed by atoms with E-state index in [4.69, 9.17) is 4.74 Å². The molecule has 0 aliphatic carbocycles. The van der Waals surface area contributed by atoms with Crippen LogP contribution in [0.4, 0.5) is 4.39 Å². The summed E-state index contributed by atoms with van der Waals surface area (Å²) in [6.07, 6.45) is 0.887. The molecular formula is C14H18FNO4S. The van der Waals surface area contributed by atoms with Gasteiger partial charge in [0.15, 0.2) is 0 Å². The minimum absolute atomic E-state index is 0.0680. The molecule has 2 rings (SSSR count). The van der Waals surface area contributed by atoms with Crippen molar-refractivity contribution >= 4 is 16.0 Å². The molecule has 0 bridgehead atoms. The first kappa shape index (κ1) is 15.9. The van der Waals surface area contributed by atoms with E-state index in [1.54, 1.807) is 6.92 Å². The number of carbonyl (C=O) groups excluding carboxylic acids is 1. The Morgan fingerprint density at radius 2 is 1.86 bits per heavy atom. The number of piperidine rings is 1. The van der Waals surface area contributed by atoms with Crippen LogP contribution in [0.5, 0.6) is 0 Å². The standard InChI is InChI=1S/C14H18FNO4S/c1-2-20-14(17)11-7-9-16(10-8-11)21(18,19)13-5-3-12(15)4-6-13/h3-6,11H,2,7-10H2,1H3. The van der Waals surface area contributed by atoms with E-state index in [0.717, 1.165) is 12.1 Å². The number of rotatable bonds is 4. The third kappa shape index (κ3) is 3.59. The average molecular weight is 315 g/mol. The van der Waals surface area contributed by atoms with E-state index in [-0.39, 0.29) is 29.9 Å². The topological polar surface area (TPSA) is 63.7 Å². The predicted octanol–water partition coefficient (Wildman–Crippen LogP) is 1.79. The molecule has 0 spiro atoms. The molecule has 1 aliphatic rings. The van der Waals surface area contributed by atoms with Gasteiger partial charge in [-0.3, -0.25) is 4.79 Å². The van der Waals surface area contributed by atoms with Crippen LogP contribution in [0.2, 0.25) is 0 Å². The van der Waals surface area contributed by atoms with Crippen molar-refractivity contribution in [2.24, 2.45) is 5.92 Å². The molecule has 1 saturated heterocycles. The zero-order valence-corrected chi connectivity index (χ0v) is 12.6. The Morgan fingerprint density at radius 3 is 2.38 bits per heavy atom. The lowest BCUT2D eigenvalue weighted by molar-refractivity contribution is -0.149. The highest BCUT2D eigenvalue weighted by molar-refractivity contribution is 7.89. The van der Waals surface area contributed by atoms with Crippen LogP contribution >= 0.6 is 0 Å². The number of esters is 1. The average Bonchev–Trinajstić information content (AvgIpc) is 2.48. The maximum Gasteiger partial charge on any atom is 0.309 e. The van der Waals surface area contributed by atoms with Gasteiger partial charge in [-0.25, -0.2) is 12.8 Å². The minimum atomic E-state index is -3.63. The number of hydrogen-bond donors (Lipinski definition) is 0. The summed E-state index contributed by atoms with van der Waals surface area (Å²) in [6.45, 7) is 2.60. The monoisotopic (exact) mass is 315 g/mol. The van der Waals surface area contributed by atoms with Crippen molar-refractivity contribution in [2.45, 2.75) is 24.7 Å². The second kappa shape index (κ2) is 6.53. The van der Waals surface area contributed by atoms with Crippen molar-refractivity contribution in [3.05, 3.63) is 30.1 Å². The second-order valence-electron chi connectivity index (χ2n) is 4.88. The molecule has 0 radical (unpaired) electrons. The van der Waals surface area contributed by atoms with Crippen molar-refractivity contribution in [3.8, 4) is 0 Å². The van der Waals surface area contributed by atoms with Gasteiger partial charge in [-0.05, 0) is 44.0 Å². The lowest BCUT2D eigenvalue weighted by Gasteiger charge is -2.30. The zero-order chi connectivity index (χ0) is 15.5. The smallest absolute Gasteiger partial charge is 0.309 e. The van der Waals surface area contributed by atoms with Crippen molar-refractivity contribution < 1.29 is 22.3 Å². The number of ether oxygens (including phenoxy) is 1. The summed E-state index contributed by atoms with van der Waals surface area (Å²) in [4.78, 5) is 11.7. The van der Waals surface area contributed by atoms with Crippen molar-refractivity contribution in [2.75, 3.05) is 19.7 Å². The zero-order valence-electron chi connectivity index (χ0n) is 11.8. The summed E-state index contributed by atoms with van der Waals surface area (Å²) in [5.41, 5.74) is 0. The first-order chi connectivity index (χ1) is 9.95. The number of carbonyl (C=O) groups is 1. The van der Waals surface area contributed by atoms with Gasteiger partial charge in [0.2, 0.25) is 10.0 Å². The fourth-order valence-electron chi connectivity index (χ4n) is 2.35. The van der Waals surface area contributed by atoms with Crippen LogP contribution in [0, 0.1) is 11.7 Å². The highest BCUT2D eigenvalue weighted by Crippen LogP contribution is 2.24. The van der Waals surface area contributed by atoms with Crippen LogP contribution in [-0.2, 0) is 19.6 Å². The molecule has 21 heavy (non-hydrogen) atoms. The summed E-state index contributed by atoms with van der Waals surface area (Å²) in [6, 6.07) is 4.75. The number of halogens is 1. The number of benzene rings is 1. The maximum atomic E-state index is 12.9. The molecule has 1 aromatic rings. The Hall–Kier alpha value is -1.47. The SMILES string of the molecule is CCOC(=O)C1CCN(S(=O)(=O)c2ccc(F)cc2)CC1. The fourth-order valence-corrected chi connectivity index (χ4v) is 3.82. The molecule has 1 aromatic carbocycles. The normalized spacial score (nSPS) is 17.6. The molecule has 1 heterocycles. The molecule has 0 unspecified atom stereocenters. The Kier molecular flexibility index (Phi) is 4.95. The summed E-state index contributed by atoms with van der Waals surface area (Å²) in [5, 5.41) is 0. The molecule has 1 aliphatic heterocycles. The van der Waals surface area contributed by atoms with Crippen molar-refractivity contribution in [1.82, 2.24) is 4.31 Å². The fraction of sp³-hybridized carbons (Fsp3) is 0.500. The van der Waals surface area contributed by atoms with Gasteiger partial charge in [-0.1, -0.05) is 0 Å². The van der Waals surface area contributed by atoms with Gasteiger partial charge in [0.25, 0.3) is 0 Å². The van der Waals surface area contributed by atoms with Crippen LogP contribution in [0.3, 0.4) is 0 Å². The molecular weight excluding hydrogens is 297 g/mol. The second-order valence-corrected chi connectivity index (χ2v) is 6.82. The molecule has 7 heteroatoms. The summed E-state index contributed by atoms with van der Waals surface area (Å²) in [5.74, 6) is -0.990. The van der Waals surface area contributed by atoms with Gasteiger partial charge in [0, 0.05) is 13.1 Å². The van der Waals surface area contributed by atoms with Crippen LogP contribution in [-0.4, -0.2) is 38.4 Å².